The molecule has 0 aliphatic rings. The second kappa shape index (κ2) is 5.15. The Morgan fingerprint density at radius 2 is 1.93 bits per heavy atom. The highest BCUT2D eigenvalue weighted by atomic mass is 127. The molecule has 0 radical (unpaired) electrons. The number of esters is 1. The van der Waals surface area contributed by atoms with Gasteiger partial charge in [-0.3, -0.25) is 0 Å². The first kappa shape index (κ1) is 12.0. The molecule has 0 unspecified atom stereocenters. The van der Waals surface area contributed by atoms with E-state index in [4.69, 9.17) is 9.47 Å². The topological polar surface area (TPSA) is 35.5 Å². The van der Waals surface area contributed by atoms with E-state index in [1.54, 1.807) is 7.11 Å². The van der Waals surface area contributed by atoms with Crippen LogP contribution in [0.5, 0.6) is 5.75 Å². The van der Waals surface area contributed by atoms with Crippen LogP contribution in [0.1, 0.15) is 10.4 Å². The van der Waals surface area contributed by atoms with Gasteiger partial charge in [-0.1, -0.05) is 0 Å². The van der Waals surface area contributed by atoms with Crippen LogP contribution in [-0.2, 0) is 4.74 Å². The van der Waals surface area contributed by atoms with Crippen LogP contribution in [0.25, 0.3) is 0 Å². The van der Waals surface area contributed by atoms with Crippen LogP contribution in [0.15, 0.2) is 12.1 Å². The zero-order valence-corrected chi connectivity index (χ0v) is 12.0. The number of rotatable bonds is 2. The fourth-order valence-electron chi connectivity index (χ4n) is 0.980. The summed E-state index contributed by atoms with van der Waals surface area (Å²) in [4.78, 5) is 11.4. The van der Waals surface area contributed by atoms with Crippen molar-refractivity contribution in [3.05, 3.63) is 24.8 Å². The van der Waals surface area contributed by atoms with Crippen LogP contribution in [0.2, 0.25) is 0 Å². The number of carbonyl (C=O) groups excluding carboxylic acids is 1. The van der Waals surface area contributed by atoms with Gasteiger partial charge in [0.25, 0.3) is 0 Å². The minimum Gasteiger partial charge on any atom is -0.496 e. The van der Waals surface area contributed by atoms with Gasteiger partial charge in [0.15, 0.2) is 0 Å². The second-order valence-corrected chi connectivity index (χ2v) is 4.67. The molecule has 0 aromatic heterocycles. The van der Waals surface area contributed by atoms with Gasteiger partial charge < -0.3 is 9.47 Å². The summed E-state index contributed by atoms with van der Waals surface area (Å²) in [5, 5.41) is 0. The summed E-state index contributed by atoms with van der Waals surface area (Å²) in [5.41, 5.74) is 0.563. The van der Waals surface area contributed by atoms with Crippen molar-refractivity contribution >= 4 is 51.2 Å². The standard InChI is InChI=1S/C9H8I2O3/c1-13-6-4-3-5(10)7(8(6)11)9(12)14-2/h3-4H,1-2H3. The van der Waals surface area contributed by atoms with Crippen LogP contribution in [-0.4, -0.2) is 20.2 Å². The lowest BCUT2D eigenvalue weighted by Crippen LogP contribution is -2.07. The minimum atomic E-state index is -0.335. The summed E-state index contributed by atoms with van der Waals surface area (Å²) in [5.74, 6) is 0.351. The van der Waals surface area contributed by atoms with E-state index < -0.39 is 0 Å². The minimum absolute atomic E-state index is 0.335. The molecule has 0 aliphatic heterocycles. The number of ether oxygens (including phenoxy) is 2. The van der Waals surface area contributed by atoms with E-state index in [-0.39, 0.29) is 5.97 Å². The predicted octanol–water partition coefficient (Wildman–Crippen LogP) is 2.69. The highest BCUT2D eigenvalue weighted by molar-refractivity contribution is 14.1. The lowest BCUT2D eigenvalue weighted by Gasteiger charge is -2.09. The number of methoxy groups -OCH3 is 2. The van der Waals surface area contributed by atoms with E-state index in [1.165, 1.54) is 7.11 Å². The molecule has 0 bridgehead atoms. The maximum absolute atomic E-state index is 11.4. The number of hydrogen-bond acceptors (Lipinski definition) is 3. The largest absolute Gasteiger partial charge is 0.496 e. The van der Waals surface area contributed by atoms with E-state index >= 15 is 0 Å². The molecule has 0 saturated carbocycles. The summed E-state index contributed by atoms with van der Waals surface area (Å²) >= 11 is 4.17. The Morgan fingerprint density at radius 1 is 1.29 bits per heavy atom. The Labute approximate surface area is 109 Å². The first-order valence-electron chi connectivity index (χ1n) is 3.72. The lowest BCUT2D eigenvalue weighted by molar-refractivity contribution is 0.0598. The van der Waals surface area contributed by atoms with Crippen molar-refractivity contribution in [3.8, 4) is 5.75 Å². The summed E-state index contributed by atoms with van der Waals surface area (Å²) in [6.45, 7) is 0. The maximum Gasteiger partial charge on any atom is 0.340 e. The van der Waals surface area contributed by atoms with E-state index in [0.29, 0.717) is 11.3 Å². The quantitative estimate of drug-likeness (QED) is 0.548. The molecule has 5 heteroatoms. The monoisotopic (exact) mass is 418 g/mol. The zero-order chi connectivity index (χ0) is 10.7. The predicted molar refractivity (Wildman–Crippen MR) is 69.8 cm³/mol. The lowest BCUT2D eigenvalue weighted by atomic mass is 10.2. The molecule has 0 atom stereocenters. The van der Waals surface area contributed by atoms with Crippen molar-refractivity contribution in [2.24, 2.45) is 0 Å². The van der Waals surface area contributed by atoms with E-state index in [9.17, 15) is 4.79 Å². The molecule has 0 aliphatic carbocycles. The molecule has 1 aromatic carbocycles. The average molecular weight is 418 g/mol. The highest BCUT2D eigenvalue weighted by Gasteiger charge is 2.17. The smallest absolute Gasteiger partial charge is 0.340 e. The molecular formula is C9H8I2O3. The molecule has 0 saturated heterocycles. The van der Waals surface area contributed by atoms with Gasteiger partial charge >= 0.3 is 5.97 Å². The van der Waals surface area contributed by atoms with Crippen molar-refractivity contribution in [1.29, 1.82) is 0 Å². The molecule has 0 amide bonds. The molecule has 0 heterocycles. The molecule has 14 heavy (non-hydrogen) atoms. The SMILES string of the molecule is COC(=O)c1c(I)ccc(OC)c1I. The molecule has 0 spiro atoms. The fourth-order valence-corrected chi connectivity index (χ4v) is 3.08. The Balaban J connectivity index is 3.32. The molecule has 76 valence electrons. The number of carbonyl (C=O) groups is 1. The molecular weight excluding hydrogens is 410 g/mol. The van der Waals surface area contributed by atoms with Crippen LogP contribution in [0.4, 0.5) is 0 Å². The molecule has 3 nitrogen and oxygen atoms in total. The van der Waals surface area contributed by atoms with Gasteiger partial charge in [-0.15, -0.1) is 0 Å². The zero-order valence-electron chi connectivity index (χ0n) is 7.64. The second-order valence-electron chi connectivity index (χ2n) is 2.43. The first-order valence-corrected chi connectivity index (χ1v) is 5.88. The third-order valence-corrected chi connectivity index (χ3v) is 3.64. The highest BCUT2D eigenvalue weighted by Crippen LogP contribution is 2.28. The van der Waals surface area contributed by atoms with Crippen LogP contribution < -0.4 is 4.74 Å². The Kier molecular flexibility index (Phi) is 4.42. The van der Waals surface area contributed by atoms with Crippen molar-refractivity contribution in [3.63, 3.8) is 0 Å². The van der Waals surface area contributed by atoms with Gasteiger partial charge in [-0.25, -0.2) is 4.79 Å². The maximum atomic E-state index is 11.4. The van der Waals surface area contributed by atoms with Crippen molar-refractivity contribution in [2.45, 2.75) is 0 Å². The van der Waals surface area contributed by atoms with Gasteiger partial charge in [0.05, 0.1) is 23.4 Å². The summed E-state index contributed by atoms with van der Waals surface area (Å²) in [6, 6.07) is 3.66. The van der Waals surface area contributed by atoms with Gasteiger partial charge in [0.2, 0.25) is 0 Å². The van der Waals surface area contributed by atoms with Crippen LogP contribution in [0.3, 0.4) is 0 Å². The van der Waals surface area contributed by atoms with Crippen LogP contribution in [0, 0.1) is 7.14 Å². The Morgan fingerprint density at radius 3 is 2.43 bits per heavy atom. The van der Waals surface area contributed by atoms with Gasteiger partial charge in [0, 0.05) is 3.57 Å². The normalized spacial score (nSPS) is 9.71. The number of benzene rings is 1. The van der Waals surface area contributed by atoms with Crippen molar-refractivity contribution in [2.75, 3.05) is 14.2 Å². The van der Waals surface area contributed by atoms with E-state index in [0.717, 1.165) is 7.14 Å². The average Bonchev–Trinajstić information content (AvgIpc) is 2.18. The molecule has 1 rings (SSSR count). The third kappa shape index (κ3) is 2.30. The van der Waals surface area contributed by atoms with Gasteiger partial charge in [0.1, 0.15) is 5.75 Å². The summed E-state index contributed by atoms with van der Waals surface area (Å²) < 4.78 is 11.5. The summed E-state index contributed by atoms with van der Waals surface area (Å²) in [6.07, 6.45) is 0. The van der Waals surface area contributed by atoms with Crippen molar-refractivity contribution in [1.82, 2.24) is 0 Å². The van der Waals surface area contributed by atoms with Crippen molar-refractivity contribution < 1.29 is 14.3 Å². The van der Waals surface area contributed by atoms with Crippen LogP contribution >= 0.6 is 45.2 Å². The Bertz CT molecular complexity index is 363. The Hall–Kier alpha value is -0.0500. The third-order valence-electron chi connectivity index (χ3n) is 1.67. The van der Waals surface area contributed by atoms with Gasteiger partial charge in [-0.05, 0) is 57.3 Å². The molecule has 1 aromatic rings. The summed E-state index contributed by atoms with van der Waals surface area (Å²) in [7, 11) is 2.94. The molecule has 0 N–H and O–H groups in total. The number of hydrogen-bond donors (Lipinski definition) is 0. The number of halogens is 2. The van der Waals surface area contributed by atoms with E-state index in [2.05, 4.69) is 45.2 Å². The molecule has 0 fully saturated rings. The van der Waals surface area contributed by atoms with Gasteiger partial charge in [-0.2, -0.15) is 0 Å². The van der Waals surface area contributed by atoms with E-state index in [1.807, 2.05) is 12.1 Å². The fraction of sp³-hybridized carbons (Fsp3) is 0.222. The first-order chi connectivity index (χ1) is 6.61.